The smallest absolute Gasteiger partial charge is 0.291 e. The molecule has 0 bridgehead atoms. The van der Waals surface area contributed by atoms with E-state index in [-0.39, 0.29) is 22.9 Å². The van der Waals surface area contributed by atoms with Crippen molar-refractivity contribution in [3.05, 3.63) is 82.0 Å². The SMILES string of the molecule is O=C(Nc1cc(Oc2ccc3oc4c(c3c2)CCCC4)cc([N+](=O)[O-])c1)c1ccco1. The van der Waals surface area contributed by atoms with Crippen LogP contribution in [0.15, 0.2) is 63.6 Å². The molecule has 8 heteroatoms. The second kappa shape index (κ2) is 7.64. The number of hydrogen-bond donors (Lipinski definition) is 1. The topological polar surface area (TPSA) is 108 Å². The molecule has 1 aliphatic rings. The molecule has 0 saturated heterocycles. The average Bonchev–Trinajstić information content (AvgIpc) is 3.42. The summed E-state index contributed by atoms with van der Waals surface area (Å²) in [5.74, 6) is 1.38. The number of ether oxygens (including phenoxy) is 1. The summed E-state index contributed by atoms with van der Waals surface area (Å²) in [4.78, 5) is 23.1. The standard InChI is InChI=1S/C23H18N2O6/c26-23(22-6-3-9-29-22)24-14-10-15(25(27)28)12-17(11-14)30-16-7-8-21-19(13-16)18-4-1-2-5-20(18)31-21/h3,6-13H,1-2,4-5H2,(H,24,26). The fourth-order valence-corrected chi connectivity index (χ4v) is 3.86. The van der Waals surface area contributed by atoms with Crippen LogP contribution < -0.4 is 10.1 Å². The predicted octanol–water partition coefficient (Wildman–Crippen LogP) is 5.86. The van der Waals surface area contributed by atoms with E-state index in [1.165, 1.54) is 36.1 Å². The molecule has 2 heterocycles. The van der Waals surface area contributed by atoms with E-state index in [9.17, 15) is 14.9 Å². The molecule has 0 spiro atoms. The molecular formula is C23H18N2O6. The van der Waals surface area contributed by atoms with Crippen LogP contribution in [0.4, 0.5) is 11.4 Å². The number of nitro benzene ring substituents is 1. The molecule has 1 N–H and O–H groups in total. The number of furan rings is 2. The summed E-state index contributed by atoms with van der Waals surface area (Å²) in [6.45, 7) is 0. The summed E-state index contributed by atoms with van der Waals surface area (Å²) in [7, 11) is 0. The number of carbonyl (C=O) groups excluding carboxylic acids is 1. The van der Waals surface area contributed by atoms with E-state index in [4.69, 9.17) is 13.6 Å². The molecule has 2 aromatic carbocycles. The quantitative estimate of drug-likeness (QED) is 0.321. The third-order valence-corrected chi connectivity index (χ3v) is 5.27. The number of anilines is 1. The molecule has 0 fully saturated rings. The van der Waals surface area contributed by atoms with Crippen LogP contribution in [-0.4, -0.2) is 10.8 Å². The van der Waals surface area contributed by atoms with Gasteiger partial charge in [0.05, 0.1) is 22.9 Å². The van der Waals surface area contributed by atoms with E-state index in [2.05, 4.69) is 5.32 Å². The van der Waals surface area contributed by atoms with Crippen molar-refractivity contribution in [2.45, 2.75) is 25.7 Å². The summed E-state index contributed by atoms with van der Waals surface area (Å²) in [6, 6.07) is 12.7. The summed E-state index contributed by atoms with van der Waals surface area (Å²) in [5, 5.41) is 15.0. The van der Waals surface area contributed by atoms with Crippen molar-refractivity contribution in [1.82, 2.24) is 0 Å². The molecule has 8 nitrogen and oxygen atoms in total. The van der Waals surface area contributed by atoms with Crippen LogP contribution in [0.1, 0.15) is 34.7 Å². The van der Waals surface area contributed by atoms with Gasteiger partial charge >= 0.3 is 0 Å². The molecule has 1 aliphatic carbocycles. The Morgan fingerprint density at radius 2 is 1.94 bits per heavy atom. The van der Waals surface area contributed by atoms with Crippen molar-refractivity contribution in [2.75, 3.05) is 5.32 Å². The highest BCUT2D eigenvalue weighted by molar-refractivity contribution is 6.02. The first kappa shape index (κ1) is 18.9. The Hall–Kier alpha value is -4.07. The van der Waals surface area contributed by atoms with Crippen LogP contribution in [0, 0.1) is 10.1 Å². The maximum Gasteiger partial charge on any atom is 0.291 e. The Labute approximate surface area is 176 Å². The Morgan fingerprint density at radius 1 is 1.06 bits per heavy atom. The maximum absolute atomic E-state index is 12.3. The zero-order valence-electron chi connectivity index (χ0n) is 16.4. The van der Waals surface area contributed by atoms with Gasteiger partial charge in [-0.1, -0.05) is 0 Å². The van der Waals surface area contributed by atoms with Crippen LogP contribution in [0.3, 0.4) is 0 Å². The Kier molecular flexibility index (Phi) is 4.66. The van der Waals surface area contributed by atoms with Crippen LogP contribution in [0.5, 0.6) is 11.5 Å². The Balaban J connectivity index is 1.46. The second-order valence-electron chi connectivity index (χ2n) is 7.38. The van der Waals surface area contributed by atoms with Crippen molar-refractivity contribution in [1.29, 1.82) is 0 Å². The number of rotatable bonds is 5. The molecule has 0 radical (unpaired) electrons. The van der Waals surface area contributed by atoms with Gasteiger partial charge in [-0.3, -0.25) is 14.9 Å². The largest absolute Gasteiger partial charge is 0.461 e. The third kappa shape index (κ3) is 3.75. The van der Waals surface area contributed by atoms with Gasteiger partial charge in [-0.05, 0) is 49.6 Å². The van der Waals surface area contributed by atoms with Crippen LogP contribution in [-0.2, 0) is 12.8 Å². The van der Waals surface area contributed by atoms with Crippen LogP contribution in [0.25, 0.3) is 11.0 Å². The number of non-ortho nitro benzene ring substituents is 1. The predicted molar refractivity (Wildman–Crippen MR) is 113 cm³/mol. The van der Waals surface area contributed by atoms with Gasteiger partial charge in [-0.2, -0.15) is 0 Å². The normalized spacial score (nSPS) is 13.0. The van der Waals surface area contributed by atoms with Gasteiger partial charge in [0.15, 0.2) is 5.76 Å². The minimum atomic E-state index is -0.537. The summed E-state index contributed by atoms with van der Waals surface area (Å²) < 4.78 is 16.9. The Bertz CT molecular complexity index is 1290. The van der Waals surface area contributed by atoms with Crippen molar-refractivity contribution in [3.8, 4) is 11.5 Å². The van der Waals surface area contributed by atoms with E-state index in [1.807, 2.05) is 12.1 Å². The fraction of sp³-hybridized carbons (Fsp3) is 0.174. The highest BCUT2D eigenvalue weighted by Gasteiger charge is 2.19. The number of nitrogens with zero attached hydrogens (tertiary/aromatic N) is 1. The number of nitro groups is 1. The first-order valence-corrected chi connectivity index (χ1v) is 9.93. The lowest BCUT2D eigenvalue weighted by Crippen LogP contribution is -2.11. The maximum atomic E-state index is 12.3. The van der Waals surface area contributed by atoms with Crippen molar-refractivity contribution in [2.24, 2.45) is 0 Å². The van der Waals surface area contributed by atoms with Crippen LogP contribution in [0.2, 0.25) is 0 Å². The molecule has 5 rings (SSSR count). The molecule has 0 aliphatic heterocycles. The molecule has 1 amide bonds. The van der Waals surface area contributed by atoms with Gasteiger partial charge < -0.3 is 18.9 Å². The van der Waals surface area contributed by atoms with E-state index >= 15 is 0 Å². The van der Waals surface area contributed by atoms with Gasteiger partial charge in [-0.25, -0.2) is 0 Å². The minimum absolute atomic E-state index is 0.101. The van der Waals surface area contributed by atoms with Gasteiger partial charge in [0, 0.05) is 29.5 Å². The van der Waals surface area contributed by atoms with E-state index in [1.54, 1.807) is 12.1 Å². The molecule has 4 aromatic rings. The fourth-order valence-electron chi connectivity index (χ4n) is 3.86. The Morgan fingerprint density at radius 3 is 2.74 bits per heavy atom. The number of aryl methyl sites for hydroxylation is 2. The highest BCUT2D eigenvalue weighted by Crippen LogP contribution is 2.36. The first-order chi connectivity index (χ1) is 15.1. The lowest BCUT2D eigenvalue weighted by atomic mass is 9.96. The monoisotopic (exact) mass is 418 g/mol. The van der Waals surface area contributed by atoms with Gasteiger partial charge in [0.2, 0.25) is 0 Å². The number of hydrogen-bond acceptors (Lipinski definition) is 6. The summed E-state index contributed by atoms with van der Waals surface area (Å²) in [5.41, 5.74) is 2.04. The van der Waals surface area contributed by atoms with Gasteiger partial charge in [-0.15, -0.1) is 0 Å². The molecule has 156 valence electrons. The highest BCUT2D eigenvalue weighted by atomic mass is 16.6. The average molecular weight is 418 g/mol. The summed E-state index contributed by atoms with van der Waals surface area (Å²) >= 11 is 0. The summed E-state index contributed by atoms with van der Waals surface area (Å²) in [6.07, 6.45) is 5.52. The van der Waals surface area contributed by atoms with E-state index < -0.39 is 10.8 Å². The van der Waals surface area contributed by atoms with Gasteiger partial charge in [0.1, 0.15) is 22.8 Å². The zero-order chi connectivity index (χ0) is 21.4. The zero-order valence-corrected chi connectivity index (χ0v) is 16.4. The molecular weight excluding hydrogens is 400 g/mol. The second-order valence-corrected chi connectivity index (χ2v) is 7.38. The van der Waals surface area contributed by atoms with Crippen LogP contribution >= 0.6 is 0 Å². The van der Waals surface area contributed by atoms with E-state index in [0.29, 0.717) is 5.75 Å². The number of benzene rings is 2. The number of nitrogens with one attached hydrogen (secondary N) is 1. The molecule has 31 heavy (non-hydrogen) atoms. The van der Waals surface area contributed by atoms with Crippen molar-refractivity contribution in [3.63, 3.8) is 0 Å². The first-order valence-electron chi connectivity index (χ1n) is 9.93. The van der Waals surface area contributed by atoms with Gasteiger partial charge in [0.25, 0.3) is 11.6 Å². The lowest BCUT2D eigenvalue weighted by molar-refractivity contribution is -0.384. The minimum Gasteiger partial charge on any atom is -0.461 e. The lowest BCUT2D eigenvalue weighted by Gasteiger charge is -2.10. The number of carbonyl (C=O) groups is 1. The number of amides is 1. The molecule has 2 aromatic heterocycles. The van der Waals surface area contributed by atoms with Crippen molar-refractivity contribution < 1.29 is 23.3 Å². The number of fused-ring (bicyclic) bond motifs is 3. The van der Waals surface area contributed by atoms with Crippen molar-refractivity contribution >= 4 is 28.3 Å². The van der Waals surface area contributed by atoms with E-state index in [0.717, 1.165) is 42.4 Å². The molecule has 0 saturated carbocycles. The molecule has 0 atom stereocenters. The third-order valence-electron chi connectivity index (χ3n) is 5.27. The molecule has 0 unspecified atom stereocenters.